The molecule has 0 amide bonds. The second-order valence-corrected chi connectivity index (χ2v) is 9.73. The van der Waals surface area contributed by atoms with Crippen molar-refractivity contribution in [1.29, 1.82) is 0 Å². The maximum atomic E-state index is 13.6. The van der Waals surface area contributed by atoms with Crippen molar-refractivity contribution in [2.45, 2.75) is 24.5 Å². The van der Waals surface area contributed by atoms with E-state index in [4.69, 9.17) is 9.47 Å². The SMILES string of the molecule is C=C(C)C(=O)OCCOc1c(I)cc(I)cc1C(=O)OC(C(F)(F)F)C(F)(F)S(=O)(=O)[O-]. The topological polar surface area (TPSA) is 119 Å². The van der Waals surface area contributed by atoms with E-state index >= 15 is 0 Å². The van der Waals surface area contributed by atoms with Crippen LogP contribution in [0, 0.1) is 7.14 Å². The predicted octanol–water partition coefficient (Wildman–Crippen LogP) is 3.62. The van der Waals surface area contributed by atoms with E-state index in [-0.39, 0.29) is 19.3 Å². The lowest BCUT2D eigenvalue weighted by atomic mass is 10.2. The number of hydrogen-bond donors (Lipinski definition) is 0. The molecular weight excluding hydrogens is 701 g/mol. The van der Waals surface area contributed by atoms with E-state index in [1.54, 1.807) is 45.2 Å². The van der Waals surface area contributed by atoms with Gasteiger partial charge in [0.05, 0.1) is 3.57 Å². The van der Waals surface area contributed by atoms with Crippen molar-refractivity contribution in [2.24, 2.45) is 0 Å². The van der Waals surface area contributed by atoms with Gasteiger partial charge in [-0.3, -0.25) is 0 Å². The summed E-state index contributed by atoms with van der Waals surface area (Å²) in [5.41, 5.74) is -0.688. The molecule has 0 aliphatic carbocycles. The van der Waals surface area contributed by atoms with Gasteiger partial charge in [-0.15, -0.1) is 0 Å². The first kappa shape index (κ1) is 28.8. The highest BCUT2D eigenvalue weighted by Crippen LogP contribution is 2.39. The fourth-order valence-corrected chi connectivity index (χ4v) is 4.33. The Kier molecular flexibility index (Phi) is 9.67. The van der Waals surface area contributed by atoms with Gasteiger partial charge >= 0.3 is 23.4 Å². The van der Waals surface area contributed by atoms with Crippen molar-refractivity contribution < 1.29 is 58.7 Å². The molecule has 0 spiro atoms. The highest BCUT2D eigenvalue weighted by Gasteiger charge is 2.63. The van der Waals surface area contributed by atoms with Gasteiger partial charge in [0.2, 0.25) is 0 Å². The van der Waals surface area contributed by atoms with Crippen LogP contribution in [0.3, 0.4) is 0 Å². The molecule has 1 atom stereocenters. The quantitative estimate of drug-likeness (QED) is 0.0952. The Bertz CT molecular complexity index is 1010. The predicted molar refractivity (Wildman–Crippen MR) is 113 cm³/mol. The first-order chi connectivity index (χ1) is 14.4. The summed E-state index contributed by atoms with van der Waals surface area (Å²) in [6, 6.07) is 2.34. The number of hydrogen-bond acceptors (Lipinski definition) is 8. The number of alkyl halides is 5. The Morgan fingerprint density at radius 2 is 1.72 bits per heavy atom. The lowest BCUT2D eigenvalue weighted by Gasteiger charge is -2.29. The highest BCUT2D eigenvalue weighted by atomic mass is 127. The molecule has 0 radical (unpaired) electrons. The van der Waals surface area contributed by atoms with Crippen LogP contribution in [0.1, 0.15) is 17.3 Å². The summed E-state index contributed by atoms with van der Waals surface area (Å²) in [5, 5.41) is -5.99. The monoisotopic (exact) mass is 713 g/mol. The summed E-state index contributed by atoms with van der Waals surface area (Å²) >= 11 is 3.28. The Balaban J connectivity index is 3.23. The number of esters is 2. The summed E-state index contributed by atoms with van der Waals surface area (Å²) in [5.74, 6) is -3.20. The molecule has 0 saturated heterocycles. The van der Waals surface area contributed by atoms with Crippen LogP contribution in [-0.2, 0) is 24.4 Å². The van der Waals surface area contributed by atoms with Gasteiger partial charge in [-0.1, -0.05) is 6.58 Å². The molecule has 1 unspecified atom stereocenters. The summed E-state index contributed by atoms with van der Waals surface area (Å²) in [6.45, 7) is 3.95. The van der Waals surface area contributed by atoms with Crippen molar-refractivity contribution in [3.05, 3.63) is 37.0 Å². The number of ether oxygens (including phenoxy) is 3. The summed E-state index contributed by atoms with van der Waals surface area (Å²) < 4.78 is 112. The molecule has 180 valence electrons. The third-order valence-corrected chi connectivity index (χ3v) is 5.61. The lowest BCUT2D eigenvalue weighted by Crippen LogP contribution is -2.52. The second kappa shape index (κ2) is 10.8. The number of rotatable bonds is 9. The Morgan fingerprint density at radius 1 is 1.16 bits per heavy atom. The number of halogens is 7. The molecule has 0 N–H and O–H groups in total. The smallest absolute Gasteiger partial charge is 0.432 e. The Labute approximate surface area is 205 Å². The zero-order valence-corrected chi connectivity index (χ0v) is 20.8. The van der Waals surface area contributed by atoms with Crippen LogP contribution in [0.4, 0.5) is 22.0 Å². The van der Waals surface area contributed by atoms with Gasteiger partial charge < -0.3 is 18.8 Å². The molecular formula is C16H12F5I2O8S-. The molecule has 0 bridgehead atoms. The molecule has 1 rings (SSSR count). The molecule has 0 aliphatic heterocycles. The van der Waals surface area contributed by atoms with Crippen LogP contribution in [0.25, 0.3) is 0 Å². The van der Waals surface area contributed by atoms with Gasteiger partial charge in [-0.2, -0.15) is 22.0 Å². The maximum absolute atomic E-state index is 13.6. The normalized spacial score (nSPS) is 13.3. The lowest BCUT2D eigenvalue weighted by molar-refractivity contribution is -0.248. The van der Waals surface area contributed by atoms with Gasteiger partial charge in [0.25, 0.3) is 6.10 Å². The first-order valence-electron chi connectivity index (χ1n) is 7.95. The molecule has 0 fully saturated rings. The van der Waals surface area contributed by atoms with E-state index in [1.165, 1.54) is 13.0 Å². The molecule has 32 heavy (non-hydrogen) atoms. The molecule has 0 heterocycles. The summed E-state index contributed by atoms with van der Waals surface area (Å²) in [7, 11) is -6.84. The van der Waals surface area contributed by atoms with Crippen LogP contribution in [0.2, 0.25) is 0 Å². The average molecular weight is 713 g/mol. The van der Waals surface area contributed by atoms with Crippen LogP contribution in [0.15, 0.2) is 24.3 Å². The van der Waals surface area contributed by atoms with Crippen LogP contribution in [0.5, 0.6) is 5.75 Å². The number of carbonyl (C=O) groups excluding carboxylic acids is 2. The van der Waals surface area contributed by atoms with Crippen molar-refractivity contribution in [1.82, 2.24) is 0 Å². The van der Waals surface area contributed by atoms with Gasteiger partial charge in [0.15, 0.2) is 10.1 Å². The highest BCUT2D eigenvalue weighted by molar-refractivity contribution is 14.1. The summed E-state index contributed by atoms with van der Waals surface area (Å²) in [4.78, 5) is 23.6. The molecule has 0 aromatic heterocycles. The van der Waals surface area contributed by atoms with Crippen LogP contribution in [-0.4, -0.2) is 55.7 Å². The third kappa shape index (κ3) is 7.37. The van der Waals surface area contributed by atoms with Gasteiger partial charge in [-0.25, -0.2) is 18.0 Å². The molecule has 16 heteroatoms. The molecule has 1 aromatic rings. The van der Waals surface area contributed by atoms with Gasteiger partial charge in [0.1, 0.15) is 24.5 Å². The van der Waals surface area contributed by atoms with E-state index in [0.29, 0.717) is 0 Å². The fourth-order valence-electron chi connectivity index (χ4n) is 1.89. The van der Waals surface area contributed by atoms with Gasteiger partial charge in [0, 0.05) is 9.14 Å². The van der Waals surface area contributed by atoms with Gasteiger partial charge in [-0.05, 0) is 64.2 Å². The molecule has 8 nitrogen and oxygen atoms in total. The first-order valence-corrected chi connectivity index (χ1v) is 11.5. The van der Waals surface area contributed by atoms with E-state index in [0.717, 1.165) is 6.07 Å². The van der Waals surface area contributed by atoms with Crippen molar-refractivity contribution in [3.63, 3.8) is 0 Å². The summed E-state index contributed by atoms with van der Waals surface area (Å²) in [6.07, 6.45) is -10.7. The minimum absolute atomic E-state index is 0.0746. The van der Waals surface area contributed by atoms with Crippen LogP contribution >= 0.6 is 45.2 Å². The minimum atomic E-state index is -6.84. The molecule has 0 aliphatic rings. The van der Waals surface area contributed by atoms with Crippen LogP contribution < -0.4 is 4.74 Å². The van der Waals surface area contributed by atoms with E-state index in [9.17, 15) is 44.5 Å². The second-order valence-electron chi connectivity index (χ2n) is 5.87. The maximum Gasteiger partial charge on any atom is 0.432 e. The Morgan fingerprint density at radius 3 is 2.19 bits per heavy atom. The third-order valence-electron chi connectivity index (χ3n) is 3.30. The van der Waals surface area contributed by atoms with Crippen molar-refractivity contribution >= 4 is 67.2 Å². The zero-order chi connectivity index (χ0) is 25.1. The average Bonchev–Trinajstić information content (AvgIpc) is 2.61. The molecule has 1 aromatic carbocycles. The largest absolute Gasteiger partial charge is 0.743 e. The minimum Gasteiger partial charge on any atom is -0.743 e. The van der Waals surface area contributed by atoms with E-state index < -0.39 is 57.5 Å². The standard InChI is InChI=1S/C16H13F5I2O8S/c1-7(2)12(24)30-4-3-29-11-9(5-8(22)6-10(11)23)13(25)31-14(15(17,18)19)16(20,21)32(26,27)28/h5-6,14H,1,3-4H2,2H3,(H,26,27,28)/p-1. The van der Waals surface area contributed by atoms with Crippen molar-refractivity contribution in [3.8, 4) is 5.75 Å². The Hall–Kier alpha value is -1.28. The zero-order valence-electron chi connectivity index (χ0n) is 15.7. The van der Waals surface area contributed by atoms with E-state index in [2.05, 4.69) is 11.3 Å². The van der Waals surface area contributed by atoms with E-state index in [1.807, 2.05) is 0 Å². The molecule has 0 saturated carbocycles. The fraction of sp³-hybridized carbons (Fsp3) is 0.375. The number of carbonyl (C=O) groups is 2. The van der Waals surface area contributed by atoms with Crippen molar-refractivity contribution in [2.75, 3.05) is 13.2 Å². The number of benzene rings is 1.